The molecule has 0 saturated carbocycles. The second-order valence-corrected chi connectivity index (χ2v) is 0.656. The van der Waals surface area contributed by atoms with Crippen LogP contribution in [0.4, 0.5) is 0 Å². The van der Waals surface area contributed by atoms with E-state index in [0.717, 1.165) is 0 Å². The zero-order chi connectivity index (χ0) is 9.83. The molecule has 0 rings (SSSR count). The third-order valence-electron chi connectivity index (χ3n) is 0.266. The Labute approximate surface area is 51.2 Å². The molecule has 6 heteroatoms. The Morgan fingerprint density at radius 2 is 1.62 bits per heavy atom. The summed E-state index contributed by atoms with van der Waals surface area (Å²) >= 11 is 0. The Kier molecular flexibility index (Phi) is 1.73. The van der Waals surface area contributed by atoms with Gasteiger partial charge in [-0.15, -0.1) is 9.81 Å². The number of nitrogens with zero attached hydrogens (tertiary/aromatic N) is 2. The predicted molar refractivity (Wildman–Crippen MR) is 27.6 cm³/mol. The summed E-state index contributed by atoms with van der Waals surface area (Å²) in [6.45, 7) is -5.61. The maximum Gasteiger partial charge on any atom is 0.0552 e. The highest BCUT2D eigenvalue weighted by atomic mass is 16.3. The van der Waals surface area contributed by atoms with Crippen LogP contribution in [0, 0.1) is 9.81 Å². The quantitative estimate of drug-likeness (QED) is 0.381. The second kappa shape index (κ2) is 5.80. The molecular weight excluding hydrogens is 112 g/mol. The van der Waals surface area contributed by atoms with Gasteiger partial charge in [0.25, 0.3) is 0 Å². The Balaban J connectivity index is 4.48. The average molecular weight is 122 g/mol. The lowest BCUT2D eigenvalue weighted by Gasteiger charge is -1.91. The number of hydrogen-bond acceptors (Lipinski definition) is 4. The van der Waals surface area contributed by atoms with Crippen LogP contribution in [0.1, 0.15) is 5.48 Å². The zero-order valence-electron chi connectivity index (χ0n) is 7.71. The minimum Gasteiger partial charge on any atom is -0.272 e. The van der Waals surface area contributed by atoms with E-state index >= 15 is 0 Å². The third kappa shape index (κ3) is 4.80. The molecule has 0 aromatic heterocycles. The second-order valence-electron chi connectivity index (χ2n) is 0.656. The smallest absolute Gasteiger partial charge is 0.0552 e. The van der Waals surface area contributed by atoms with Gasteiger partial charge in [0.2, 0.25) is 0 Å². The number of nitrogens with one attached hydrogen (secondary N) is 2. The highest BCUT2D eigenvalue weighted by molar-refractivity contribution is 4.40. The van der Waals surface area contributed by atoms with Crippen LogP contribution in [-0.2, 0) is 0 Å². The van der Waals surface area contributed by atoms with Gasteiger partial charge in [-0.05, 0) is 0 Å². The molecule has 0 aliphatic carbocycles. The van der Waals surface area contributed by atoms with E-state index in [4.69, 9.17) is 5.48 Å². The molecule has 6 nitrogen and oxygen atoms in total. The first-order chi connectivity index (χ1) is 5.37. The van der Waals surface area contributed by atoms with E-state index in [-0.39, 0.29) is 0 Å². The standard InChI is InChI=1S/C2H6N4O2/c7-5-3-1-2-4-6-8/h1-2H2,(H,3,7)(H,4,8)/i1D2,2D2. The average Bonchev–Trinajstić information content (AvgIpc) is 1.86. The summed E-state index contributed by atoms with van der Waals surface area (Å²) in [4.78, 5) is 19.1. The molecule has 0 heterocycles. The van der Waals surface area contributed by atoms with Crippen molar-refractivity contribution in [2.24, 2.45) is 10.6 Å². The molecule has 0 aliphatic heterocycles. The van der Waals surface area contributed by atoms with E-state index in [1.165, 1.54) is 10.9 Å². The number of rotatable bonds is 5. The van der Waals surface area contributed by atoms with E-state index in [2.05, 4.69) is 0 Å². The van der Waals surface area contributed by atoms with Gasteiger partial charge in [0.05, 0.1) is 18.5 Å². The molecule has 0 aromatic carbocycles. The van der Waals surface area contributed by atoms with Crippen LogP contribution >= 0.6 is 0 Å². The highest BCUT2D eigenvalue weighted by Gasteiger charge is 1.79. The van der Waals surface area contributed by atoms with Crippen LogP contribution in [0.2, 0.25) is 0 Å². The van der Waals surface area contributed by atoms with Gasteiger partial charge in [-0.25, -0.2) is 0 Å². The monoisotopic (exact) mass is 122 g/mol. The summed E-state index contributed by atoms with van der Waals surface area (Å²) in [5, 5.41) is 3.91. The first-order valence-corrected chi connectivity index (χ1v) is 1.56. The van der Waals surface area contributed by atoms with Crippen molar-refractivity contribution < 1.29 is 5.48 Å². The lowest BCUT2D eigenvalue weighted by Crippen LogP contribution is -2.19. The van der Waals surface area contributed by atoms with E-state index in [9.17, 15) is 9.81 Å². The Morgan fingerprint density at radius 1 is 1.25 bits per heavy atom. The van der Waals surface area contributed by atoms with Crippen molar-refractivity contribution in [2.75, 3.05) is 13.0 Å². The summed E-state index contributed by atoms with van der Waals surface area (Å²) in [6, 6.07) is 0. The normalized spacial score (nSPS) is 18.5. The van der Waals surface area contributed by atoms with Crippen molar-refractivity contribution in [3.05, 3.63) is 9.81 Å². The number of hydrogen-bond donors (Lipinski definition) is 2. The SMILES string of the molecule is [2H]C([2H])(NN=O)C([2H])([2H])NN=O. The summed E-state index contributed by atoms with van der Waals surface area (Å²) in [7, 11) is 0. The fraction of sp³-hybridized carbons (Fsp3) is 1.00. The van der Waals surface area contributed by atoms with Crippen LogP contribution in [0.15, 0.2) is 10.6 Å². The molecular formula is C2H6N4O2. The minimum absolute atomic E-state index is 1.31. The first kappa shape index (κ1) is 2.38. The maximum atomic E-state index is 9.57. The molecule has 0 spiro atoms. The van der Waals surface area contributed by atoms with E-state index in [1.807, 2.05) is 10.6 Å². The van der Waals surface area contributed by atoms with E-state index < -0.39 is 13.0 Å². The van der Waals surface area contributed by atoms with Crippen molar-refractivity contribution in [1.29, 1.82) is 0 Å². The maximum absolute atomic E-state index is 9.57. The van der Waals surface area contributed by atoms with Gasteiger partial charge in [-0.1, -0.05) is 0 Å². The molecule has 2 N–H and O–H groups in total. The Hall–Kier alpha value is -1.20. The highest BCUT2D eigenvalue weighted by Crippen LogP contribution is 1.56. The van der Waals surface area contributed by atoms with Gasteiger partial charge in [0.15, 0.2) is 0 Å². The molecule has 0 amide bonds. The molecule has 8 heavy (non-hydrogen) atoms. The molecule has 0 radical (unpaired) electrons. The Morgan fingerprint density at radius 3 is 1.88 bits per heavy atom. The lowest BCUT2D eigenvalue weighted by atomic mass is 10.7. The molecule has 0 aromatic rings. The van der Waals surface area contributed by atoms with Crippen LogP contribution in [0.25, 0.3) is 0 Å². The zero-order valence-corrected chi connectivity index (χ0v) is 3.71. The molecule has 0 fully saturated rings. The lowest BCUT2D eigenvalue weighted by molar-refractivity contribution is 0.646. The van der Waals surface area contributed by atoms with Gasteiger partial charge >= 0.3 is 0 Å². The van der Waals surface area contributed by atoms with Crippen molar-refractivity contribution >= 4 is 0 Å². The van der Waals surface area contributed by atoms with Gasteiger partial charge in [0, 0.05) is 10.6 Å². The fourth-order valence-electron chi connectivity index (χ4n) is 0.102. The number of nitroso groups, excluding NO2 is 2. The van der Waals surface area contributed by atoms with Gasteiger partial charge in [-0.2, -0.15) is 0 Å². The van der Waals surface area contributed by atoms with E-state index in [1.54, 1.807) is 0 Å². The van der Waals surface area contributed by atoms with Crippen LogP contribution in [0.3, 0.4) is 0 Å². The first-order valence-electron chi connectivity index (χ1n) is 3.56. The van der Waals surface area contributed by atoms with Gasteiger partial charge < -0.3 is 0 Å². The van der Waals surface area contributed by atoms with E-state index in [0.29, 0.717) is 0 Å². The molecule has 46 valence electrons. The molecule has 0 atom stereocenters. The van der Waals surface area contributed by atoms with Crippen LogP contribution in [-0.4, -0.2) is 13.0 Å². The van der Waals surface area contributed by atoms with Crippen molar-refractivity contribution in [3.63, 3.8) is 0 Å². The Bertz CT molecular complexity index is 164. The van der Waals surface area contributed by atoms with Crippen molar-refractivity contribution in [2.45, 2.75) is 0 Å². The van der Waals surface area contributed by atoms with Crippen molar-refractivity contribution in [3.8, 4) is 0 Å². The molecule has 0 saturated heterocycles. The van der Waals surface area contributed by atoms with Crippen molar-refractivity contribution in [1.82, 2.24) is 10.9 Å². The third-order valence-corrected chi connectivity index (χ3v) is 0.266. The largest absolute Gasteiger partial charge is 0.272 e. The predicted octanol–water partition coefficient (Wildman–Crippen LogP) is -0.472. The summed E-state index contributed by atoms with van der Waals surface area (Å²) in [6.07, 6.45) is 0. The van der Waals surface area contributed by atoms with Gasteiger partial charge in [0.1, 0.15) is 0 Å². The van der Waals surface area contributed by atoms with Crippen LogP contribution in [0.5, 0.6) is 0 Å². The minimum atomic E-state index is -2.80. The topological polar surface area (TPSA) is 82.9 Å². The molecule has 0 bridgehead atoms. The molecule has 0 aliphatic rings. The van der Waals surface area contributed by atoms with Gasteiger partial charge in [-0.3, -0.25) is 10.9 Å². The fourth-order valence-corrected chi connectivity index (χ4v) is 0.102. The molecule has 0 unspecified atom stereocenters. The van der Waals surface area contributed by atoms with Crippen LogP contribution < -0.4 is 10.9 Å². The summed E-state index contributed by atoms with van der Waals surface area (Å²) in [5.74, 6) is 0. The summed E-state index contributed by atoms with van der Waals surface area (Å²) in [5.41, 5.74) is 2.63. The summed E-state index contributed by atoms with van der Waals surface area (Å²) < 4.78 is 27.4.